The smallest absolute Gasteiger partial charge is 0.324 e. The molecule has 0 bridgehead atoms. The Hall–Kier alpha value is -3.12. The normalized spacial score (nSPS) is 17.3. The van der Waals surface area contributed by atoms with Crippen molar-refractivity contribution in [3.8, 4) is 0 Å². The fourth-order valence-electron chi connectivity index (χ4n) is 2.44. The molecule has 0 spiro atoms. The fourth-order valence-corrected chi connectivity index (χ4v) is 2.44. The number of carbonyl (C=O) groups is 2. The maximum absolute atomic E-state index is 13.0. The molecular weight excluding hydrogens is 384 g/mol. The number of nitrogens with zero attached hydrogens (tertiary/aromatic N) is 3. The number of nitrogens with one attached hydrogen (secondary N) is 2. The molecule has 1 unspecified atom stereocenters. The summed E-state index contributed by atoms with van der Waals surface area (Å²) in [5.74, 6) is -4.18. The van der Waals surface area contributed by atoms with Gasteiger partial charge in [0, 0.05) is 0 Å². The second-order valence-electron chi connectivity index (χ2n) is 5.50. The first kappa shape index (κ1) is 18.7. The number of benzene rings is 1. The highest BCUT2D eigenvalue weighted by molar-refractivity contribution is 6.01. The first-order valence-corrected chi connectivity index (χ1v) is 7.27. The number of fused-ring (bicyclic) bond motifs is 1. The van der Waals surface area contributed by atoms with Gasteiger partial charge in [-0.25, -0.2) is 4.68 Å². The molecule has 13 heteroatoms. The van der Waals surface area contributed by atoms with Gasteiger partial charge in [0.15, 0.2) is 0 Å². The van der Waals surface area contributed by atoms with Crippen LogP contribution in [-0.4, -0.2) is 26.6 Å². The van der Waals surface area contributed by atoms with E-state index in [4.69, 9.17) is 0 Å². The number of alkyl halides is 6. The number of hydrogen-bond donors (Lipinski definition) is 2. The Morgan fingerprint density at radius 3 is 2.44 bits per heavy atom. The van der Waals surface area contributed by atoms with Crippen LogP contribution in [0.3, 0.4) is 0 Å². The van der Waals surface area contributed by atoms with Crippen molar-refractivity contribution in [2.24, 2.45) is 0 Å². The molecule has 2 heterocycles. The highest BCUT2D eigenvalue weighted by atomic mass is 19.4. The Morgan fingerprint density at radius 2 is 1.81 bits per heavy atom. The van der Waals surface area contributed by atoms with Crippen molar-refractivity contribution in [2.45, 2.75) is 24.8 Å². The maximum Gasteiger partial charge on any atom is 0.453 e. The van der Waals surface area contributed by atoms with E-state index in [1.807, 2.05) is 10.6 Å². The summed E-state index contributed by atoms with van der Waals surface area (Å²) in [4.78, 5) is 27.1. The Morgan fingerprint density at radius 1 is 1.15 bits per heavy atom. The molecular formula is C14H9F6N5O2. The number of hydrogen-bond acceptors (Lipinski definition) is 4. The molecule has 2 amide bonds. The zero-order valence-corrected chi connectivity index (χ0v) is 13.0. The number of anilines is 2. The molecule has 1 aliphatic rings. The molecule has 0 saturated heterocycles. The van der Waals surface area contributed by atoms with Crippen LogP contribution in [-0.2, 0) is 21.9 Å². The minimum atomic E-state index is -4.93. The van der Waals surface area contributed by atoms with Crippen molar-refractivity contribution in [3.05, 3.63) is 35.7 Å². The number of halogens is 6. The van der Waals surface area contributed by atoms with Gasteiger partial charge in [-0.05, 0) is 12.1 Å². The van der Waals surface area contributed by atoms with Crippen molar-refractivity contribution in [1.29, 1.82) is 0 Å². The standard InChI is InChI=1S/C14H9F6N5O2/c15-13(16,17)6-3-1-2-4-7(6)21-10(27)8-5-9(26)22-12-23-11(14(18,19)20)24-25(8)12/h1-4,8H,5H2,(H,21,27)(H,22,23,24,26). The average Bonchev–Trinajstić information content (AvgIpc) is 2.97. The number of amides is 2. The van der Waals surface area contributed by atoms with E-state index in [-0.39, 0.29) is 0 Å². The third-order valence-electron chi connectivity index (χ3n) is 3.60. The summed E-state index contributed by atoms with van der Waals surface area (Å²) in [6, 6.07) is 2.45. The first-order chi connectivity index (χ1) is 12.5. The van der Waals surface area contributed by atoms with Gasteiger partial charge < -0.3 is 5.32 Å². The van der Waals surface area contributed by atoms with E-state index < -0.39 is 59.7 Å². The van der Waals surface area contributed by atoms with Crippen LogP contribution < -0.4 is 10.6 Å². The second kappa shape index (κ2) is 6.25. The Kier molecular flexibility index (Phi) is 4.32. The van der Waals surface area contributed by atoms with E-state index in [1.54, 1.807) is 0 Å². The van der Waals surface area contributed by atoms with Gasteiger partial charge in [0.1, 0.15) is 6.04 Å². The van der Waals surface area contributed by atoms with E-state index in [9.17, 15) is 35.9 Å². The Bertz CT molecular complexity index is 904. The Balaban J connectivity index is 1.93. The van der Waals surface area contributed by atoms with Gasteiger partial charge in [0.2, 0.25) is 17.8 Å². The molecule has 144 valence electrons. The van der Waals surface area contributed by atoms with Gasteiger partial charge in [0.25, 0.3) is 5.82 Å². The molecule has 1 aliphatic heterocycles. The van der Waals surface area contributed by atoms with Gasteiger partial charge in [-0.3, -0.25) is 14.9 Å². The molecule has 1 aromatic heterocycles. The van der Waals surface area contributed by atoms with Gasteiger partial charge >= 0.3 is 12.4 Å². The van der Waals surface area contributed by atoms with Crippen LogP contribution in [0, 0.1) is 0 Å². The van der Waals surface area contributed by atoms with Crippen LogP contribution in [0.15, 0.2) is 24.3 Å². The lowest BCUT2D eigenvalue weighted by molar-refractivity contribution is -0.145. The van der Waals surface area contributed by atoms with E-state index >= 15 is 0 Å². The molecule has 0 fully saturated rings. The lowest BCUT2D eigenvalue weighted by Gasteiger charge is -2.23. The molecule has 2 aromatic rings. The second-order valence-corrected chi connectivity index (χ2v) is 5.50. The number of carbonyl (C=O) groups excluding carboxylic acids is 2. The molecule has 27 heavy (non-hydrogen) atoms. The minimum Gasteiger partial charge on any atom is -0.324 e. The third kappa shape index (κ3) is 3.71. The van der Waals surface area contributed by atoms with E-state index in [0.29, 0.717) is 4.68 Å². The summed E-state index contributed by atoms with van der Waals surface area (Å²) in [5, 5.41) is 7.17. The first-order valence-electron chi connectivity index (χ1n) is 7.27. The van der Waals surface area contributed by atoms with Crippen LogP contribution >= 0.6 is 0 Å². The van der Waals surface area contributed by atoms with Crippen LogP contribution in [0.25, 0.3) is 0 Å². The number of rotatable bonds is 2. The average molecular weight is 393 g/mol. The lowest BCUT2D eigenvalue weighted by Crippen LogP contribution is -2.36. The largest absolute Gasteiger partial charge is 0.453 e. The van der Waals surface area contributed by atoms with E-state index in [1.165, 1.54) is 6.07 Å². The number of para-hydroxylation sites is 1. The Labute approximate surface area is 146 Å². The van der Waals surface area contributed by atoms with Gasteiger partial charge in [-0.2, -0.15) is 31.3 Å². The van der Waals surface area contributed by atoms with Crippen molar-refractivity contribution >= 4 is 23.5 Å². The van der Waals surface area contributed by atoms with Crippen LogP contribution in [0.5, 0.6) is 0 Å². The van der Waals surface area contributed by atoms with Gasteiger partial charge in [0.05, 0.1) is 17.7 Å². The van der Waals surface area contributed by atoms with E-state index in [2.05, 4.69) is 10.1 Å². The van der Waals surface area contributed by atoms with Crippen molar-refractivity contribution in [1.82, 2.24) is 14.8 Å². The summed E-state index contributed by atoms with van der Waals surface area (Å²) in [5.41, 5.74) is -1.74. The van der Waals surface area contributed by atoms with Crippen molar-refractivity contribution in [2.75, 3.05) is 10.6 Å². The zero-order chi connectivity index (χ0) is 20.0. The SMILES string of the molecule is O=C1CC(C(=O)Nc2ccccc2C(F)(F)F)n2nc(C(F)(F)F)nc2N1. The summed E-state index contributed by atoms with van der Waals surface area (Å²) >= 11 is 0. The van der Waals surface area contributed by atoms with Gasteiger partial charge in [-0.1, -0.05) is 12.1 Å². The summed E-state index contributed by atoms with van der Waals surface area (Å²) in [7, 11) is 0. The maximum atomic E-state index is 13.0. The predicted molar refractivity (Wildman–Crippen MR) is 77.4 cm³/mol. The fraction of sp³-hybridized carbons (Fsp3) is 0.286. The highest BCUT2D eigenvalue weighted by Gasteiger charge is 2.41. The molecule has 0 saturated carbocycles. The molecule has 0 aliphatic carbocycles. The monoisotopic (exact) mass is 393 g/mol. The van der Waals surface area contributed by atoms with Crippen LogP contribution in [0.4, 0.5) is 38.0 Å². The lowest BCUT2D eigenvalue weighted by atomic mass is 10.1. The van der Waals surface area contributed by atoms with Gasteiger partial charge in [-0.15, -0.1) is 5.10 Å². The van der Waals surface area contributed by atoms with Crippen LogP contribution in [0.2, 0.25) is 0 Å². The molecule has 1 atom stereocenters. The predicted octanol–water partition coefficient (Wildman–Crippen LogP) is 2.84. The highest BCUT2D eigenvalue weighted by Crippen LogP contribution is 2.36. The third-order valence-corrected chi connectivity index (χ3v) is 3.60. The summed E-state index contributed by atoms with van der Waals surface area (Å²) < 4.78 is 77.8. The topological polar surface area (TPSA) is 88.9 Å². The molecule has 7 nitrogen and oxygen atoms in total. The quantitative estimate of drug-likeness (QED) is 0.768. The summed E-state index contributed by atoms with van der Waals surface area (Å²) in [6.45, 7) is 0. The molecule has 1 aromatic carbocycles. The molecule has 3 rings (SSSR count). The van der Waals surface area contributed by atoms with Crippen molar-refractivity contribution in [3.63, 3.8) is 0 Å². The summed E-state index contributed by atoms with van der Waals surface area (Å²) in [6.07, 6.45) is -10.3. The number of aromatic nitrogens is 3. The molecule has 2 N–H and O–H groups in total. The molecule has 0 radical (unpaired) electrons. The van der Waals surface area contributed by atoms with E-state index in [0.717, 1.165) is 18.2 Å². The zero-order valence-electron chi connectivity index (χ0n) is 13.0. The minimum absolute atomic E-state index is 0.524. The van der Waals surface area contributed by atoms with Crippen molar-refractivity contribution < 1.29 is 35.9 Å². The van der Waals surface area contributed by atoms with Crippen LogP contribution in [0.1, 0.15) is 23.9 Å².